The van der Waals surface area contributed by atoms with Crippen LogP contribution in [0.3, 0.4) is 0 Å². The van der Waals surface area contributed by atoms with Gasteiger partial charge in [-0.25, -0.2) is 9.78 Å². The Morgan fingerprint density at radius 2 is 1.91 bits per heavy atom. The van der Waals surface area contributed by atoms with Gasteiger partial charge in [0.05, 0.1) is 12.1 Å². The molecule has 1 heterocycles. The van der Waals surface area contributed by atoms with Gasteiger partial charge in [0.25, 0.3) is 0 Å². The van der Waals surface area contributed by atoms with Crippen LogP contribution in [-0.2, 0) is 19.1 Å². The van der Waals surface area contributed by atoms with Gasteiger partial charge in [-0.1, -0.05) is 53.1 Å². The lowest BCUT2D eigenvalue weighted by atomic mass is 9.91. The first-order valence-electron chi connectivity index (χ1n) is 11.6. The summed E-state index contributed by atoms with van der Waals surface area (Å²) in [5.74, 6) is -1.50. The molecule has 0 aliphatic carbocycles. The lowest BCUT2D eigenvalue weighted by Crippen LogP contribution is -2.50. The Labute approximate surface area is 205 Å². The highest BCUT2D eigenvalue weighted by atomic mass is 32.1. The molecular formula is C23H37N5O5S. The Balaban J connectivity index is 3.26. The van der Waals surface area contributed by atoms with Gasteiger partial charge in [-0.3, -0.25) is 9.59 Å². The number of esters is 2. The fraction of sp³-hybridized carbons (Fsp3) is 0.739. The standard InChI is InChI=1S/C23H37N5O5S/c1-8-10-19(29)33-13-28(22(30)20(26-27-24)15(5)9-2)18(14(3)4)11-16(6)21-25-17(12-34-21)23(31)32-7/h12,14-16,18,20H,8-11,13H2,1-7H3/t15-,16+,18+,20?/m0/s1. The minimum Gasteiger partial charge on any atom is -0.464 e. The minimum atomic E-state index is -0.901. The zero-order valence-corrected chi connectivity index (χ0v) is 22.0. The van der Waals surface area contributed by atoms with Crippen LogP contribution in [0, 0.1) is 11.8 Å². The van der Waals surface area contributed by atoms with Gasteiger partial charge in [-0.15, -0.1) is 11.3 Å². The number of hydrogen-bond acceptors (Lipinski definition) is 8. The third-order valence-electron chi connectivity index (χ3n) is 5.82. The second kappa shape index (κ2) is 14.6. The molecule has 10 nitrogen and oxygen atoms in total. The molecule has 0 spiro atoms. The van der Waals surface area contributed by atoms with Crippen molar-refractivity contribution in [2.24, 2.45) is 17.0 Å². The van der Waals surface area contributed by atoms with E-state index in [0.29, 0.717) is 19.3 Å². The van der Waals surface area contributed by atoms with E-state index in [1.54, 1.807) is 5.38 Å². The average molecular weight is 496 g/mol. The Morgan fingerprint density at radius 3 is 2.44 bits per heavy atom. The molecule has 1 unspecified atom stereocenters. The minimum absolute atomic E-state index is 0.0139. The normalized spacial score (nSPS) is 14.5. The van der Waals surface area contributed by atoms with Crippen LogP contribution in [0.5, 0.6) is 0 Å². The third kappa shape index (κ3) is 8.29. The Hall–Kier alpha value is -2.65. The van der Waals surface area contributed by atoms with Crippen LogP contribution in [-0.4, -0.2) is 53.7 Å². The van der Waals surface area contributed by atoms with E-state index < -0.39 is 12.0 Å². The third-order valence-corrected chi connectivity index (χ3v) is 6.89. The van der Waals surface area contributed by atoms with Crippen molar-refractivity contribution in [3.8, 4) is 0 Å². The number of ether oxygens (including phenoxy) is 2. The van der Waals surface area contributed by atoms with Gasteiger partial charge in [0.2, 0.25) is 5.91 Å². The molecule has 34 heavy (non-hydrogen) atoms. The zero-order valence-electron chi connectivity index (χ0n) is 21.2. The molecule has 0 radical (unpaired) electrons. The van der Waals surface area contributed by atoms with Crippen LogP contribution in [0.2, 0.25) is 0 Å². The maximum atomic E-state index is 13.6. The summed E-state index contributed by atoms with van der Waals surface area (Å²) < 4.78 is 10.2. The zero-order chi connectivity index (χ0) is 25.8. The lowest BCUT2D eigenvalue weighted by molar-refractivity contribution is -0.157. The summed E-state index contributed by atoms with van der Waals surface area (Å²) >= 11 is 1.36. The van der Waals surface area contributed by atoms with Gasteiger partial charge < -0.3 is 14.4 Å². The molecular weight excluding hydrogens is 458 g/mol. The molecule has 11 heteroatoms. The fourth-order valence-corrected chi connectivity index (χ4v) is 4.39. The molecule has 0 aliphatic rings. The number of hydrogen-bond donors (Lipinski definition) is 0. The van der Waals surface area contributed by atoms with Crippen LogP contribution in [0.25, 0.3) is 10.4 Å². The molecule has 0 N–H and O–H groups in total. The molecule has 0 aromatic carbocycles. The highest BCUT2D eigenvalue weighted by Crippen LogP contribution is 2.30. The average Bonchev–Trinajstić information content (AvgIpc) is 3.31. The maximum Gasteiger partial charge on any atom is 0.357 e. The van der Waals surface area contributed by atoms with Crippen molar-refractivity contribution >= 4 is 29.2 Å². The van der Waals surface area contributed by atoms with Crippen molar-refractivity contribution in [2.75, 3.05) is 13.8 Å². The van der Waals surface area contributed by atoms with Crippen LogP contribution < -0.4 is 0 Å². The summed E-state index contributed by atoms with van der Waals surface area (Å²) in [6.07, 6.45) is 2.06. The van der Waals surface area contributed by atoms with Crippen LogP contribution >= 0.6 is 11.3 Å². The number of nitrogens with zero attached hydrogens (tertiary/aromatic N) is 5. The predicted molar refractivity (Wildman–Crippen MR) is 130 cm³/mol. The molecule has 1 amide bonds. The predicted octanol–water partition coefficient (Wildman–Crippen LogP) is 5.30. The maximum absolute atomic E-state index is 13.6. The number of carbonyl (C=O) groups is 3. The van der Waals surface area contributed by atoms with Crippen LogP contribution in [0.15, 0.2) is 10.5 Å². The Kier molecular flexibility index (Phi) is 12.6. The Bertz CT molecular complexity index is 868. The van der Waals surface area contributed by atoms with E-state index in [-0.39, 0.29) is 54.5 Å². The van der Waals surface area contributed by atoms with E-state index in [1.165, 1.54) is 23.3 Å². The van der Waals surface area contributed by atoms with Gasteiger partial charge in [-0.05, 0) is 30.2 Å². The van der Waals surface area contributed by atoms with Crippen molar-refractivity contribution in [1.29, 1.82) is 0 Å². The van der Waals surface area contributed by atoms with Gasteiger partial charge in [0, 0.05) is 28.7 Å². The summed E-state index contributed by atoms with van der Waals surface area (Å²) in [5, 5.41) is 6.17. The number of rotatable bonds is 14. The van der Waals surface area contributed by atoms with Crippen molar-refractivity contribution in [2.45, 2.75) is 85.2 Å². The number of thiazole rings is 1. The highest BCUT2D eigenvalue weighted by Gasteiger charge is 2.35. The molecule has 0 saturated heterocycles. The second-order valence-electron chi connectivity index (χ2n) is 8.75. The Morgan fingerprint density at radius 1 is 1.24 bits per heavy atom. The summed E-state index contributed by atoms with van der Waals surface area (Å²) in [5.41, 5.74) is 9.31. The first kappa shape index (κ1) is 29.4. The van der Waals surface area contributed by atoms with Gasteiger partial charge in [-0.2, -0.15) is 0 Å². The number of carbonyl (C=O) groups excluding carboxylic acids is 3. The van der Waals surface area contributed by atoms with Crippen molar-refractivity contribution < 1.29 is 23.9 Å². The quantitative estimate of drug-likeness (QED) is 0.113. The molecule has 1 aromatic heterocycles. The van der Waals surface area contributed by atoms with E-state index in [4.69, 9.17) is 15.0 Å². The lowest BCUT2D eigenvalue weighted by Gasteiger charge is -2.37. The number of amides is 1. The SMILES string of the molecule is CCCC(=O)OCN(C(=O)C(N=[N+]=[N-])[C@@H](C)CC)[C@H](C[C@@H](C)c1nc(C(=O)OC)cs1)C(C)C. The summed E-state index contributed by atoms with van der Waals surface area (Å²) in [6, 6.07) is -1.22. The molecule has 190 valence electrons. The van der Waals surface area contributed by atoms with Crippen LogP contribution in [0.4, 0.5) is 0 Å². The van der Waals surface area contributed by atoms with Crippen LogP contribution in [0.1, 0.15) is 88.6 Å². The first-order valence-corrected chi connectivity index (χ1v) is 12.5. The monoisotopic (exact) mass is 495 g/mol. The fourth-order valence-electron chi connectivity index (χ4n) is 3.53. The van der Waals surface area contributed by atoms with Crippen molar-refractivity contribution in [3.63, 3.8) is 0 Å². The first-order chi connectivity index (χ1) is 16.1. The molecule has 0 aliphatic heterocycles. The van der Waals surface area contributed by atoms with E-state index in [0.717, 1.165) is 5.01 Å². The van der Waals surface area contributed by atoms with Crippen molar-refractivity contribution in [1.82, 2.24) is 9.88 Å². The van der Waals surface area contributed by atoms with Gasteiger partial charge in [0.1, 0.15) is 6.04 Å². The molecule has 0 bridgehead atoms. The summed E-state index contributed by atoms with van der Waals surface area (Å²) in [7, 11) is 1.31. The highest BCUT2D eigenvalue weighted by molar-refractivity contribution is 7.09. The van der Waals surface area contributed by atoms with Gasteiger partial charge >= 0.3 is 11.9 Å². The molecule has 0 saturated carbocycles. The van der Waals surface area contributed by atoms with Crippen molar-refractivity contribution in [3.05, 3.63) is 26.5 Å². The molecule has 1 aromatic rings. The molecule has 4 atom stereocenters. The largest absolute Gasteiger partial charge is 0.464 e. The summed E-state index contributed by atoms with van der Waals surface area (Å²) in [4.78, 5) is 46.3. The number of methoxy groups -OCH3 is 1. The number of azide groups is 1. The second-order valence-corrected chi connectivity index (χ2v) is 9.64. The van der Waals surface area contributed by atoms with E-state index in [2.05, 4.69) is 15.0 Å². The van der Waals surface area contributed by atoms with E-state index >= 15 is 0 Å². The topological polar surface area (TPSA) is 135 Å². The number of aromatic nitrogens is 1. The molecule has 0 fully saturated rings. The van der Waals surface area contributed by atoms with Gasteiger partial charge in [0.15, 0.2) is 12.4 Å². The van der Waals surface area contributed by atoms with E-state index in [1.807, 2.05) is 41.5 Å². The van der Waals surface area contributed by atoms with E-state index in [9.17, 15) is 14.4 Å². The smallest absolute Gasteiger partial charge is 0.357 e. The summed E-state index contributed by atoms with van der Waals surface area (Å²) in [6.45, 7) is 11.4. The molecule has 1 rings (SSSR count).